The highest BCUT2D eigenvalue weighted by molar-refractivity contribution is 7.98. The summed E-state index contributed by atoms with van der Waals surface area (Å²) in [5.74, 6) is 0.747. The number of anilines is 1. The monoisotopic (exact) mass is 290 g/mol. The fourth-order valence-electron chi connectivity index (χ4n) is 1.67. The molecule has 1 aromatic heterocycles. The van der Waals surface area contributed by atoms with Crippen LogP contribution in [-0.4, -0.2) is 10.9 Å². The molecule has 0 atom stereocenters. The van der Waals surface area contributed by atoms with Gasteiger partial charge in [-0.05, 0) is 47.8 Å². The summed E-state index contributed by atoms with van der Waals surface area (Å²) in [4.78, 5) is 9.53. The number of fused-ring (bicyclic) bond motifs is 1. The molecule has 0 radical (unpaired) electrons. The second-order valence-corrected chi connectivity index (χ2v) is 5.27. The lowest BCUT2D eigenvalue weighted by atomic mass is 10.3. The average molecular weight is 291 g/mol. The van der Waals surface area contributed by atoms with Crippen molar-refractivity contribution in [2.45, 2.75) is 11.4 Å². The lowest BCUT2D eigenvalue weighted by Gasteiger charge is -2.20. The first-order valence-corrected chi connectivity index (χ1v) is 6.93. The molecular weight excluding hydrogens is 280 g/mol. The van der Waals surface area contributed by atoms with Gasteiger partial charge < -0.3 is 5.32 Å². The Labute approximate surface area is 120 Å². The normalized spacial score (nSPS) is 15.5. The van der Waals surface area contributed by atoms with Crippen LogP contribution in [0, 0.1) is 0 Å². The number of pyridine rings is 1. The van der Waals surface area contributed by atoms with E-state index in [0.717, 1.165) is 27.1 Å². The molecule has 2 N–H and O–H groups in total. The van der Waals surface area contributed by atoms with E-state index < -0.39 is 0 Å². The van der Waals surface area contributed by atoms with Crippen LogP contribution in [0.4, 0.5) is 5.69 Å². The third kappa shape index (κ3) is 3.00. The van der Waals surface area contributed by atoms with Crippen LogP contribution in [-0.2, 0) is 6.54 Å². The molecule has 1 aliphatic heterocycles. The van der Waals surface area contributed by atoms with E-state index in [9.17, 15) is 0 Å². The number of rotatable bonds is 2. The number of guanidine groups is 1. The largest absolute Gasteiger partial charge is 0.325 e. The summed E-state index contributed by atoms with van der Waals surface area (Å²) in [6.07, 6.45) is 3.53. The zero-order chi connectivity index (χ0) is 13.1. The molecule has 96 valence electrons. The number of nitrogens with zero attached hydrogens (tertiary/aromatic N) is 2. The molecule has 1 aliphatic rings. The average Bonchev–Trinajstić information content (AvgIpc) is 2.46. The van der Waals surface area contributed by atoms with E-state index in [4.69, 9.17) is 11.6 Å². The van der Waals surface area contributed by atoms with Gasteiger partial charge in [-0.15, -0.1) is 0 Å². The number of aliphatic imine (C=N–C) groups is 1. The second-order valence-electron chi connectivity index (χ2n) is 3.99. The lowest BCUT2D eigenvalue weighted by molar-refractivity contribution is 1.04. The van der Waals surface area contributed by atoms with Crippen LogP contribution in [0.1, 0.15) is 5.56 Å². The Kier molecular flexibility index (Phi) is 3.57. The molecule has 3 rings (SSSR count). The third-order valence-corrected chi connectivity index (χ3v) is 3.71. The van der Waals surface area contributed by atoms with Crippen molar-refractivity contribution in [1.82, 2.24) is 9.71 Å². The van der Waals surface area contributed by atoms with Gasteiger partial charge in [-0.25, -0.2) is 4.99 Å². The number of halogens is 1. The fourth-order valence-corrected chi connectivity index (χ4v) is 2.64. The molecule has 4 nitrogen and oxygen atoms in total. The maximum atomic E-state index is 5.95. The van der Waals surface area contributed by atoms with E-state index in [2.05, 4.69) is 20.0 Å². The summed E-state index contributed by atoms with van der Waals surface area (Å²) >= 11 is 7.46. The molecule has 0 unspecified atom stereocenters. The van der Waals surface area contributed by atoms with Crippen LogP contribution in [0.3, 0.4) is 0 Å². The molecule has 0 saturated heterocycles. The van der Waals surface area contributed by atoms with E-state index in [-0.39, 0.29) is 0 Å². The Hall–Kier alpha value is -1.72. The van der Waals surface area contributed by atoms with Crippen LogP contribution in [0.15, 0.2) is 52.6 Å². The molecule has 19 heavy (non-hydrogen) atoms. The van der Waals surface area contributed by atoms with Crippen LogP contribution < -0.4 is 10.0 Å². The van der Waals surface area contributed by atoms with Crippen molar-refractivity contribution >= 4 is 35.2 Å². The van der Waals surface area contributed by atoms with Gasteiger partial charge in [-0.3, -0.25) is 9.71 Å². The minimum Gasteiger partial charge on any atom is -0.325 e. The van der Waals surface area contributed by atoms with E-state index in [1.165, 1.54) is 11.9 Å². The molecule has 0 saturated carbocycles. The van der Waals surface area contributed by atoms with E-state index in [0.29, 0.717) is 6.54 Å². The first-order valence-electron chi connectivity index (χ1n) is 5.74. The van der Waals surface area contributed by atoms with Crippen molar-refractivity contribution in [3.8, 4) is 0 Å². The van der Waals surface area contributed by atoms with Gasteiger partial charge in [-0.1, -0.05) is 11.6 Å². The van der Waals surface area contributed by atoms with E-state index in [1.807, 2.05) is 30.3 Å². The Balaban J connectivity index is 1.73. The molecule has 0 spiro atoms. The molecule has 0 amide bonds. The molecule has 2 heterocycles. The van der Waals surface area contributed by atoms with Gasteiger partial charge in [0.2, 0.25) is 5.96 Å². The van der Waals surface area contributed by atoms with Gasteiger partial charge in [-0.2, -0.15) is 0 Å². The third-order valence-electron chi connectivity index (χ3n) is 2.62. The summed E-state index contributed by atoms with van der Waals surface area (Å²) in [5.41, 5.74) is 2.14. The number of nitrogens with one attached hydrogen (secondary N) is 2. The minimum atomic E-state index is 0.612. The zero-order valence-electron chi connectivity index (χ0n) is 9.93. The highest BCUT2D eigenvalue weighted by Crippen LogP contribution is 2.31. The van der Waals surface area contributed by atoms with Gasteiger partial charge in [0.1, 0.15) is 0 Å². The molecule has 0 bridgehead atoms. The summed E-state index contributed by atoms with van der Waals surface area (Å²) in [7, 11) is 0. The van der Waals surface area contributed by atoms with Gasteiger partial charge >= 0.3 is 0 Å². The van der Waals surface area contributed by atoms with E-state index in [1.54, 1.807) is 12.4 Å². The molecule has 2 aromatic rings. The van der Waals surface area contributed by atoms with Crippen molar-refractivity contribution in [2.24, 2.45) is 4.99 Å². The molecule has 0 aliphatic carbocycles. The maximum absolute atomic E-state index is 5.95. The topological polar surface area (TPSA) is 49.3 Å². The van der Waals surface area contributed by atoms with Crippen LogP contribution in [0.2, 0.25) is 5.02 Å². The van der Waals surface area contributed by atoms with Crippen molar-refractivity contribution < 1.29 is 0 Å². The summed E-state index contributed by atoms with van der Waals surface area (Å²) in [6, 6.07) is 9.63. The predicted molar refractivity (Wildman–Crippen MR) is 79.4 cm³/mol. The Bertz CT molecular complexity index is 615. The van der Waals surface area contributed by atoms with Crippen LogP contribution in [0.5, 0.6) is 0 Å². The Morgan fingerprint density at radius 1 is 1.21 bits per heavy atom. The Morgan fingerprint density at radius 3 is 2.89 bits per heavy atom. The second kappa shape index (κ2) is 5.50. The standard InChI is InChI=1S/C13H11ClN4S/c14-10-1-2-11-12(7-10)19-18-13(17-11)16-8-9-3-5-15-6-4-9/h1-7H,8H2,(H2,16,17,18). The first kappa shape index (κ1) is 12.3. The van der Waals surface area contributed by atoms with Crippen molar-refractivity contribution in [1.29, 1.82) is 0 Å². The summed E-state index contributed by atoms with van der Waals surface area (Å²) in [5, 5.41) is 3.97. The highest BCUT2D eigenvalue weighted by Gasteiger charge is 2.13. The number of aromatic nitrogens is 1. The van der Waals surface area contributed by atoms with Gasteiger partial charge in [0, 0.05) is 17.4 Å². The van der Waals surface area contributed by atoms with Crippen molar-refractivity contribution in [3.05, 3.63) is 53.3 Å². The number of benzene rings is 1. The predicted octanol–water partition coefficient (Wildman–Crippen LogP) is 3.31. The fraction of sp³-hybridized carbons (Fsp3) is 0.0769. The smallest absolute Gasteiger partial charge is 0.206 e. The first-order chi connectivity index (χ1) is 9.31. The molecule has 0 fully saturated rings. The van der Waals surface area contributed by atoms with Gasteiger partial charge in [0.25, 0.3) is 0 Å². The van der Waals surface area contributed by atoms with Crippen molar-refractivity contribution in [2.75, 3.05) is 5.32 Å². The summed E-state index contributed by atoms with van der Waals surface area (Å²) in [6.45, 7) is 0.612. The SMILES string of the molecule is Clc1ccc2c(c1)SNC(=NCc1ccncc1)N2. The highest BCUT2D eigenvalue weighted by atomic mass is 35.5. The Morgan fingerprint density at radius 2 is 2.05 bits per heavy atom. The van der Waals surface area contributed by atoms with Crippen molar-refractivity contribution in [3.63, 3.8) is 0 Å². The molecule has 1 aromatic carbocycles. The summed E-state index contributed by atoms with van der Waals surface area (Å²) < 4.78 is 3.15. The van der Waals surface area contributed by atoms with E-state index >= 15 is 0 Å². The van der Waals surface area contributed by atoms with Gasteiger partial charge in [0.15, 0.2) is 0 Å². The molecular formula is C13H11ClN4S. The van der Waals surface area contributed by atoms with Crippen LogP contribution in [0.25, 0.3) is 0 Å². The number of hydrogen-bond donors (Lipinski definition) is 2. The number of hydrogen-bond acceptors (Lipinski definition) is 3. The quantitative estimate of drug-likeness (QED) is 0.833. The maximum Gasteiger partial charge on any atom is 0.206 e. The lowest BCUT2D eigenvalue weighted by Crippen LogP contribution is -2.29. The van der Waals surface area contributed by atoms with Gasteiger partial charge in [0.05, 0.1) is 17.1 Å². The minimum absolute atomic E-state index is 0.612. The zero-order valence-corrected chi connectivity index (χ0v) is 11.5. The van der Waals surface area contributed by atoms with Crippen LogP contribution >= 0.6 is 23.5 Å². The molecule has 6 heteroatoms.